The third-order valence-electron chi connectivity index (χ3n) is 3.88. The van der Waals surface area contributed by atoms with Crippen molar-refractivity contribution in [3.8, 4) is 11.5 Å². The van der Waals surface area contributed by atoms with Crippen LogP contribution in [0, 0.1) is 0 Å². The highest BCUT2D eigenvalue weighted by Crippen LogP contribution is 2.39. The molecule has 2 N–H and O–H groups in total. The number of methoxy groups -OCH3 is 2. The maximum atomic E-state index is 10.2. The summed E-state index contributed by atoms with van der Waals surface area (Å²) in [5, 5.41) is 13.5. The van der Waals surface area contributed by atoms with Gasteiger partial charge in [-0.1, -0.05) is 36.4 Å². The fourth-order valence-corrected chi connectivity index (χ4v) is 3.42. The molecule has 0 spiro atoms. The average Bonchev–Trinajstić information content (AvgIpc) is 2.64. The van der Waals surface area contributed by atoms with Gasteiger partial charge >= 0.3 is 0 Å². The van der Waals surface area contributed by atoms with E-state index >= 15 is 0 Å². The third kappa shape index (κ3) is 4.66. The predicted molar refractivity (Wildman–Crippen MR) is 99.3 cm³/mol. The number of benzene rings is 2. The lowest BCUT2D eigenvalue weighted by Gasteiger charge is -2.16. The molecule has 1 atom stereocenters. The van der Waals surface area contributed by atoms with E-state index in [4.69, 9.17) is 9.47 Å². The van der Waals surface area contributed by atoms with Gasteiger partial charge in [-0.3, -0.25) is 0 Å². The van der Waals surface area contributed by atoms with Gasteiger partial charge in [-0.25, -0.2) is 0 Å². The molecule has 0 fully saturated rings. The van der Waals surface area contributed by atoms with Crippen LogP contribution in [0.3, 0.4) is 0 Å². The van der Waals surface area contributed by atoms with Crippen LogP contribution in [0.1, 0.15) is 17.2 Å². The predicted octanol–water partition coefficient (Wildman–Crippen LogP) is 3.29. The van der Waals surface area contributed by atoms with Crippen molar-refractivity contribution in [1.82, 2.24) is 5.32 Å². The van der Waals surface area contributed by atoms with Crippen LogP contribution in [0.5, 0.6) is 11.5 Å². The van der Waals surface area contributed by atoms with E-state index in [0.29, 0.717) is 6.54 Å². The maximum Gasteiger partial charge on any atom is 0.174 e. The third-order valence-corrected chi connectivity index (χ3v) is 4.73. The zero-order valence-corrected chi connectivity index (χ0v) is 15.2. The highest BCUT2D eigenvalue weighted by molar-refractivity contribution is 7.98. The zero-order chi connectivity index (χ0) is 17.4. The number of hydrogen-bond donors (Lipinski definition) is 2. The Morgan fingerprint density at radius 1 is 1.08 bits per heavy atom. The quantitative estimate of drug-likeness (QED) is 0.538. The normalized spacial score (nSPS) is 12.0. The van der Waals surface area contributed by atoms with Gasteiger partial charge in [-0.05, 0) is 36.4 Å². The summed E-state index contributed by atoms with van der Waals surface area (Å²) in [6.07, 6.45) is 2.41. The Labute approximate surface area is 148 Å². The van der Waals surface area contributed by atoms with Gasteiger partial charge < -0.3 is 19.9 Å². The minimum atomic E-state index is -0.489. The van der Waals surface area contributed by atoms with E-state index < -0.39 is 6.10 Å². The molecular weight excluding hydrogens is 322 g/mol. The lowest BCUT2D eigenvalue weighted by molar-refractivity contribution is 0.175. The summed E-state index contributed by atoms with van der Waals surface area (Å²) in [7, 11) is 3.31. The van der Waals surface area contributed by atoms with Crippen molar-refractivity contribution in [1.29, 1.82) is 0 Å². The molecule has 2 rings (SSSR count). The second kappa shape index (κ2) is 9.57. The topological polar surface area (TPSA) is 50.7 Å². The summed E-state index contributed by atoms with van der Waals surface area (Å²) < 4.78 is 10.8. The molecule has 0 aromatic heterocycles. The summed E-state index contributed by atoms with van der Waals surface area (Å²) in [6, 6.07) is 13.7. The highest BCUT2D eigenvalue weighted by atomic mass is 32.2. The first-order chi connectivity index (χ1) is 11.7. The molecule has 0 aliphatic rings. The van der Waals surface area contributed by atoms with E-state index in [-0.39, 0.29) is 0 Å². The molecule has 1 unspecified atom stereocenters. The Morgan fingerprint density at radius 3 is 2.46 bits per heavy atom. The number of nitrogens with one attached hydrogen (secondary N) is 1. The molecule has 2 aromatic rings. The Morgan fingerprint density at radius 2 is 1.83 bits per heavy atom. The van der Waals surface area contributed by atoms with Crippen molar-refractivity contribution >= 4 is 11.8 Å². The van der Waals surface area contributed by atoms with Gasteiger partial charge in [0.25, 0.3) is 0 Å². The van der Waals surface area contributed by atoms with Crippen molar-refractivity contribution in [3.05, 3.63) is 53.6 Å². The van der Waals surface area contributed by atoms with Crippen LogP contribution in [-0.2, 0) is 6.42 Å². The largest absolute Gasteiger partial charge is 0.493 e. The lowest BCUT2D eigenvalue weighted by Crippen LogP contribution is -2.23. The summed E-state index contributed by atoms with van der Waals surface area (Å²) in [5.41, 5.74) is 2.14. The smallest absolute Gasteiger partial charge is 0.174 e. The van der Waals surface area contributed by atoms with Gasteiger partial charge in [-0.2, -0.15) is 0 Å². The molecule has 130 valence electrons. The van der Waals surface area contributed by atoms with E-state index in [1.54, 1.807) is 26.0 Å². The number of aliphatic hydroxyl groups is 1. The molecule has 0 radical (unpaired) electrons. The van der Waals surface area contributed by atoms with Crippen LogP contribution in [0.4, 0.5) is 0 Å². The van der Waals surface area contributed by atoms with Crippen LogP contribution >= 0.6 is 11.8 Å². The Hall–Kier alpha value is -1.69. The minimum Gasteiger partial charge on any atom is -0.493 e. The van der Waals surface area contributed by atoms with Crippen molar-refractivity contribution in [2.24, 2.45) is 0 Å². The first-order valence-electron chi connectivity index (χ1n) is 7.92. The molecule has 0 aliphatic carbocycles. The molecule has 0 amide bonds. The van der Waals surface area contributed by atoms with Crippen molar-refractivity contribution < 1.29 is 14.6 Å². The number of rotatable bonds is 9. The van der Waals surface area contributed by atoms with Crippen LogP contribution in [0.2, 0.25) is 0 Å². The van der Waals surface area contributed by atoms with Crippen LogP contribution in [0.15, 0.2) is 47.4 Å². The van der Waals surface area contributed by atoms with Gasteiger partial charge in [-0.15, -0.1) is 11.8 Å². The standard InChI is InChI=1S/C19H25NO3S/c1-22-17-10-9-15(19(24-3)18(17)23-2)11-12-20-13-16(21)14-7-5-4-6-8-14/h4-10,16,20-21H,11-13H2,1-3H3. The van der Waals surface area contributed by atoms with Crippen molar-refractivity contribution in [3.63, 3.8) is 0 Å². The second-order valence-electron chi connectivity index (χ2n) is 5.37. The van der Waals surface area contributed by atoms with Gasteiger partial charge in [0, 0.05) is 6.54 Å². The van der Waals surface area contributed by atoms with E-state index in [1.165, 1.54) is 5.56 Å². The molecule has 0 aliphatic heterocycles. The fraction of sp³-hybridized carbons (Fsp3) is 0.368. The summed E-state index contributed by atoms with van der Waals surface area (Å²) >= 11 is 1.66. The van der Waals surface area contributed by atoms with Gasteiger partial charge in [0.15, 0.2) is 11.5 Å². The van der Waals surface area contributed by atoms with Crippen molar-refractivity contribution in [2.45, 2.75) is 17.4 Å². The highest BCUT2D eigenvalue weighted by Gasteiger charge is 2.14. The fourth-order valence-electron chi connectivity index (χ4n) is 2.61. The zero-order valence-electron chi connectivity index (χ0n) is 14.4. The summed E-state index contributed by atoms with van der Waals surface area (Å²) in [6.45, 7) is 1.32. The molecule has 0 saturated carbocycles. The minimum absolute atomic E-state index is 0.489. The maximum absolute atomic E-state index is 10.2. The monoisotopic (exact) mass is 347 g/mol. The Balaban J connectivity index is 1.92. The van der Waals surface area contributed by atoms with Crippen LogP contribution in [0.25, 0.3) is 0 Å². The first kappa shape index (κ1) is 18.6. The summed E-state index contributed by atoms with van der Waals surface area (Å²) in [5.74, 6) is 1.53. The lowest BCUT2D eigenvalue weighted by atomic mass is 10.1. The van der Waals surface area contributed by atoms with E-state index in [0.717, 1.165) is 34.9 Å². The van der Waals surface area contributed by atoms with E-state index in [1.807, 2.05) is 42.7 Å². The van der Waals surface area contributed by atoms with Gasteiger partial charge in [0.2, 0.25) is 0 Å². The number of ether oxygens (including phenoxy) is 2. The number of thioether (sulfide) groups is 1. The molecule has 4 nitrogen and oxygen atoms in total. The SMILES string of the molecule is COc1ccc(CCNCC(O)c2ccccc2)c(SC)c1OC. The molecule has 2 aromatic carbocycles. The van der Waals surface area contributed by atoms with Gasteiger partial charge in [0.1, 0.15) is 0 Å². The molecule has 0 saturated heterocycles. The van der Waals surface area contributed by atoms with Crippen LogP contribution < -0.4 is 14.8 Å². The van der Waals surface area contributed by atoms with Crippen LogP contribution in [-0.4, -0.2) is 38.7 Å². The Bertz CT molecular complexity index is 634. The van der Waals surface area contributed by atoms with Crippen molar-refractivity contribution in [2.75, 3.05) is 33.6 Å². The number of hydrogen-bond acceptors (Lipinski definition) is 5. The molecular formula is C19H25NO3S. The summed E-state index contributed by atoms with van der Waals surface area (Å²) in [4.78, 5) is 1.10. The first-order valence-corrected chi connectivity index (χ1v) is 9.15. The Kier molecular flexibility index (Phi) is 7.43. The molecule has 0 bridgehead atoms. The number of aliphatic hydroxyl groups excluding tert-OH is 1. The van der Waals surface area contributed by atoms with E-state index in [9.17, 15) is 5.11 Å². The van der Waals surface area contributed by atoms with Gasteiger partial charge in [0.05, 0.1) is 25.2 Å². The average molecular weight is 347 g/mol. The molecule has 5 heteroatoms. The molecule has 0 heterocycles. The van der Waals surface area contributed by atoms with E-state index in [2.05, 4.69) is 11.4 Å². The second-order valence-corrected chi connectivity index (χ2v) is 6.19. The molecule has 24 heavy (non-hydrogen) atoms.